The average Bonchev–Trinajstić information content (AvgIpc) is 3.24. The predicted octanol–water partition coefficient (Wildman–Crippen LogP) is 3.05. The number of imidazole rings is 1. The number of rotatable bonds is 5. The molecule has 4 aliphatic rings. The van der Waals surface area contributed by atoms with Gasteiger partial charge in [0.15, 0.2) is 0 Å². The van der Waals surface area contributed by atoms with Gasteiger partial charge in [-0.1, -0.05) is 24.3 Å². The van der Waals surface area contributed by atoms with Crippen LogP contribution < -0.4 is 4.72 Å². The molecule has 0 saturated heterocycles. The van der Waals surface area contributed by atoms with Crippen LogP contribution in [0.4, 0.5) is 0 Å². The number of carbonyl (C=O) groups excluding carboxylic acids is 1. The second-order valence-corrected chi connectivity index (χ2v) is 10.6. The maximum Gasteiger partial charge on any atom is 0.209 e. The molecule has 0 radical (unpaired) electrons. The highest BCUT2D eigenvalue weighted by molar-refractivity contribution is 7.88. The van der Waals surface area contributed by atoms with Gasteiger partial charge >= 0.3 is 0 Å². The van der Waals surface area contributed by atoms with Gasteiger partial charge in [-0.2, -0.15) is 0 Å². The third-order valence-electron chi connectivity index (χ3n) is 7.22. The average molecular weight is 400 g/mol. The molecule has 3 fully saturated rings. The Hall–Kier alpha value is -1.99. The molecule has 0 amide bonds. The molecule has 3 aliphatic carbocycles. The first-order chi connectivity index (χ1) is 13.3. The van der Waals surface area contributed by atoms with E-state index in [1.807, 2.05) is 24.7 Å². The second kappa shape index (κ2) is 6.00. The molecule has 6 nitrogen and oxygen atoms in total. The van der Waals surface area contributed by atoms with Crippen LogP contribution in [0.3, 0.4) is 0 Å². The Morgan fingerprint density at radius 1 is 1.18 bits per heavy atom. The summed E-state index contributed by atoms with van der Waals surface area (Å²) in [5.74, 6) is 0.321. The van der Waals surface area contributed by atoms with Gasteiger partial charge in [0.05, 0.1) is 30.5 Å². The molecule has 1 atom stereocenters. The zero-order chi connectivity index (χ0) is 19.6. The summed E-state index contributed by atoms with van der Waals surface area (Å²) in [5.41, 5.74) is 2.81. The number of sulfonamides is 1. The lowest BCUT2D eigenvalue weighted by atomic mass is 9.55. The van der Waals surface area contributed by atoms with Gasteiger partial charge < -0.3 is 4.57 Å². The molecule has 2 aromatic rings. The summed E-state index contributed by atoms with van der Waals surface area (Å²) in [6, 6.07) is 8.27. The topological polar surface area (TPSA) is 81.1 Å². The van der Waals surface area contributed by atoms with Gasteiger partial charge in [0, 0.05) is 22.9 Å². The first-order valence-electron chi connectivity index (χ1n) is 9.94. The number of carbonyl (C=O) groups is 1. The van der Waals surface area contributed by atoms with E-state index >= 15 is 0 Å². The van der Waals surface area contributed by atoms with Gasteiger partial charge in [-0.05, 0) is 44.1 Å². The number of nitrogens with one attached hydrogen (secondary N) is 1. The van der Waals surface area contributed by atoms with Crippen molar-refractivity contribution in [2.24, 2.45) is 5.41 Å². The molecule has 6 rings (SSSR count). The highest BCUT2D eigenvalue weighted by Gasteiger charge is 2.53. The summed E-state index contributed by atoms with van der Waals surface area (Å²) < 4.78 is 28.5. The molecular weight excluding hydrogens is 374 g/mol. The Kier molecular flexibility index (Phi) is 3.87. The molecule has 3 saturated carbocycles. The molecule has 28 heavy (non-hydrogen) atoms. The van der Waals surface area contributed by atoms with Crippen LogP contribution in [0.25, 0.3) is 11.3 Å². The molecule has 0 spiro atoms. The fourth-order valence-electron chi connectivity index (χ4n) is 5.68. The van der Waals surface area contributed by atoms with Crippen LogP contribution in [-0.4, -0.2) is 35.5 Å². The zero-order valence-electron chi connectivity index (χ0n) is 16.0. The van der Waals surface area contributed by atoms with Crippen molar-refractivity contribution in [3.63, 3.8) is 0 Å². The summed E-state index contributed by atoms with van der Waals surface area (Å²) in [5, 5.41) is 0. The summed E-state index contributed by atoms with van der Waals surface area (Å²) in [6.45, 7) is 0. The molecule has 1 aromatic heterocycles. The lowest BCUT2D eigenvalue weighted by molar-refractivity contribution is -0.136. The van der Waals surface area contributed by atoms with Crippen molar-refractivity contribution in [1.29, 1.82) is 0 Å². The third-order valence-corrected chi connectivity index (χ3v) is 8.02. The maximum absolute atomic E-state index is 13.5. The van der Waals surface area contributed by atoms with E-state index in [1.165, 1.54) is 17.4 Å². The lowest BCUT2D eigenvalue weighted by Gasteiger charge is -2.52. The van der Waals surface area contributed by atoms with Crippen molar-refractivity contribution in [3.8, 4) is 11.3 Å². The van der Waals surface area contributed by atoms with Crippen molar-refractivity contribution >= 4 is 15.8 Å². The Morgan fingerprint density at radius 2 is 1.86 bits per heavy atom. The van der Waals surface area contributed by atoms with Crippen molar-refractivity contribution in [3.05, 3.63) is 42.4 Å². The summed E-state index contributed by atoms with van der Waals surface area (Å²) in [4.78, 5) is 17.8. The van der Waals surface area contributed by atoms with Crippen LogP contribution in [0.1, 0.15) is 56.6 Å². The van der Waals surface area contributed by atoms with Gasteiger partial charge in [0.2, 0.25) is 10.0 Å². The van der Waals surface area contributed by atoms with E-state index in [0.29, 0.717) is 12.2 Å². The highest BCUT2D eigenvalue weighted by atomic mass is 32.2. The van der Waals surface area contributed by atoms with Gasteiger partial charge in [-0.15, -0.1) is 0 Å². The second-order valence-electron chi connectivity index (χ2n) is 8.85. The number of hydrogen-bond donors (Lipinski definition) is 1. The molecular formula is C21H25N3O3S. The third kappa shape index (κ3) is 2.75. The predicted molar refractivity (Wildman–Crippen MR) is 106 cm³/mol. The zero-order valence-corrected chi connectivity index (χ0v) is 16.8. The fraction of sp³-hybridized carbons (Fsp3) is 0.524. The Labute approximate surface area is 165 Å². The van der Waals surface area contributed by atoms with E-state index in [1.54, 1.807) is 0 Å². The fourth-order valence-corrected chi connectivity index (χ4v) is 6.78. The minimum absolute atomic E-state index is 0.0123. The number of fused-ring (bicyclic) bond motifs is 6. The van der Waals surface area contributed by atoms with Crippen molar-refractivity contribution in [2.45, 2.75) is 56.5 Å². The summed E-state index contributed by atoms with van der Waals surface area (Å²) >= 11 is 0. The minimum atomic E-state index is -3.23. The Balaban J connectivity index is 1.37. The van der Waals surface area contributed by atoms with Crippen LogP contribution in [0.2, 0.25) is 0 Å². The van der Waals surface area contributed by atoms with Gasteiger partial charge in [0.25, 0.3) is 0 Å². The van der Waals surface area contributed by atoms with E-state index in [2.05, 4.69) is 26.4 Å². The molecule has 7 heteroatoms. The number of hydrogen-bond acceptors (Lipinski definition) is 4. The number of benzene rings is 1. The van der Waals surface area contributed by atoms with Crippen molar-refractivity contribution in [1.82, 2.24) is 14.3 Å². The number of Topliss-reactive ketones (excluding diaryl/α,β-unsaturated/α-hetero) is 1. The number of nitrogens with zero attached hydrogens (tertiary/aromatic N) is 2. The van der Waals surface area contributed by atoms with E-state index in [9.17, 15) is 13.2 Å². The lowest BCUT2D eigenvalue weighted by Crippen LogP contribution is -2.58. The SMILES string of the molecule is CS(=O)(=O)NC12CCC(C(=O)CC3c4ccccc4-c4cncn43)(CC1)CC2. The van der Waals surface area contributed by atoms with Crippen LogP contribution >= 0.6 is 0 Å². The molecule has 2 bridgehead atoms. The van der Waals surface area contributed by atoms with E-state index in [4.69, 9.17) is 0 Å². The number of aromatic nitrogens is 2. The first-order valence-corrected chi connectivity index (χ1v) is 11.8. The summed E-state index contributed by atoms with van der Waals surface area (Å²) in [7, 11) is -3.23. The van der Waals surface area contributed by atoms with Crippen molar-refractivity contribution in [2.75, 3.05) is 6.26 Å². The van der Waals surface area contributed by atoms with Crippen LogP contribution in [0.5, 0.6) is 0 Å². The molecule has 1 aliphatic heterocycles. The van der Waals surface area contributed by atoms with Crippen molar-refractivity contribution < 1.29 is 13.2 Å². The Bertz CT molecular complexity index is 1030. The minimum Gasteiger partial charge on any atom is -0.323 e. The smallest absolute Gasteiger partial charge is 0.209 e. The summed E-state index contributed by atoms with van der Waals surface area (Å²) in [6.07, 6.45) is 9.99. The Morgan fingerprint density at radius 3 is 2.54 bits per heavy atom. The normalized spacial score (nSPS) is 30.8. The van der Waals surface area contributed by atoms with E-state index < -0.39 is 10.0 Å². The quantitative estimate of drug-likeness (QED) is 0.838. The molecule has 148 valence electrons. The number of ketones is 1. The largest absolute Gasteiger partial charge is 0.323 e. The van der Waals surface area contributed by atoms with Crippen LogP contribution in [-0.2, 0) is 14.8 Å². The standard InChI is InChI=1S/C21H25N3O3S/c1-28(26,27)23-21-9-6-20(7-10-21,8-11-21)19(25)12-17-15-4-2-3-5-16(15)18-13-22-14-24(17)18/h2-5,13-14,17,23H,6-12H2,1H3. The first kappa shape index (κ1) is 18.1. The van der Waals surface area contributed by atoms with Crippen LogP contribution in [0.15, 0.2) is 36.8 Å². The molecule has 1 aromatic carbocycles. The van der Waals surface area contributed by atoms with Gasteiger partial charge in [-0.3, -0.25) is 4.79 Å². The molecule has 1 unspecified atom stereocenters. The van der Waals surface area contributed by atoms with Gasteiger partial charge in [-0.25, -0.2) is 18.1 Å². The van der Waals surface area contributed by atoms with Gasteiger partial charge in [0.1, 0.15) is 5.78 Å². The highest BCUT2D eigenvalue weighted by Crippen LogP contribution is 2.54. The van der Waals surface area contributed by atoms with E-state index in [-0.39, 0.29) is 17.0 Å². The van der Waals surface area contributed by atoms with Crippen LogP contribution in [0, 0.1) is 5.41 Å². The maximum atomic E-state index is 13.5. The molecule has 1 N–H and O–H groups in total. The van der Waals surface area contributed by atoms with E-state index in [0.717, 1.165) is 44.2 Å². The molecule has 2 heterocycles. The monoisotopic (exact) mass is 399 g/mol.